The van der Waals surface area contributed by atoms with Gasteiger partial charge in [0, 0.05) is 0 Å². The third kappa shape index (κ3) is 1.45. The minimum Gasteiger partial charge on any atom is -0.302 e. The Bertz CT molecular complexity index is 260. The van der Waals surface area contributed by atoms with Crippen LogP contribution < -0.4 is 0 Å². The summed E-state index contributed by atoms with van der Waals surface area (Å²) in [5.74, 6) is 0. The van der Waals surface area contributed by atoms with Crippen LogP contribution in [0.15, 0.2) is 11.6 Å². The summed E-state index contributed by atoms with van der Waals surface area (Å²) in [6, 6.07) is 0. The summed E-state index contributed by atoms with van der Waals surface area (Å²) in [5, 5.41) is 0. The molecule has 1 atom stereocenters. The molecule has 0 aromatic rings. The second kappa shape index (κ2) is 2.46. The van der Waals surface area contributed by atoms with Crippen LogP contribution >= 0.6 is 0 Å². The fourth-order valence-electron chi connectivity index (χ4n) is 1.92. The quantitative estimate of drug-likeness (QED) is 0.447. The van der Waals surface area contributed by atoms with E-state index in [0.29, 0.717) is 0 Å². The second-order valence-electron chi connectivity index (χ2n) is 6.04. The summed E-state index contributed by atoms with van der Waals surface area (Å²) in [6.07, 6.45) is 3.23. The van der Waals surface area contributed by atoms with Crippen LogP contribution in [0.1, 0.15) is 41.5 Å². The standard InChI is InChI=1S/C12H20O/c1-10(2,3)9-7-12(9,8-13)11(4,5)6/h7-8H,1-6H3. The van der Waals surface area contributed by atoms with E-state index in [1.165, 1.54) is 5.57 Å². The van der Waals surface area contributed by atoms with Crippen LogP contribution in [0, 0.1) is 16.2 Å². The Hall–Kier alpha value is -0.590. The molecule has 1 rings (SSSR count). The molecule has 0 bridgehead atoms. The molecule has 0 amide bonds. The van der Waals surface area contributed by atoms with Crippen LogP contribution in [0.3, 0.4) is 0 Å². The number of aldehydes is 1. The van der Waals surface area contributed by atoms with Gasteiger partial charge in [-0.1, -0.05) is 47.6 Å². The summed E-state index contributed by atoms with van der Waals surface area (Å²) >= 11 is 0. The average Bonchev–Trinajstić information content (AvgIpc) is 2.57. The lowest BCUT2D eigenvalue weighted by Gasteiger charge is -2.32. The van der Waals surface area contributed by atoms with Gasteiger partial charge in [0.1, 0.15) is 6.29 Å². The first-order chi connectivity index (χ1) is 5.65. The Labute approximate surface area is 81.2 Å². The molecule has 0 fully saturated rings. The van der Waals surface area contributed by atoms with Crippen molar-refractivity contribution in [3.8, 4) is 0 Å². The Morgan fingerprint density at radius 1 is 1.15 bits per heavy atom. The van der Waals surface area contributed by atoms with E-state index < -0.39 is 0 Å². The lowest BCUT2D eigenvalue weighted by molar-refractivity contribution is -0.114. The number of hydrogen-bond donors (Lipinski definition) is 0. The van der Waals surface area contributed by atoms with Crippen LogP contribution in [-0.4, -0.2) is 6.29 Å². The molecule has 0 saturated heterocycles. The molecule has 0 aromatic carbocycles. The second-order valence-corrected chi connectivity index (χ2v) is 6.04. The maximum Gasteiger partial charge on any atom is 0.134 e. The highest BCUT2D eigenvalue weighted by Crippen LogP contribution is 2.61. The van der Waals surface area contributed by atoms with Gasteiger partial charge in [0.2, 0.25) is 0 Å². The molecule has 0 heterocycles. The molecule has 13 heavy (non-hydrogen) atoms. The molecule has 1 unspecified atom stereocenters. The van der Waals surface area contributed by atoms with E-state index in [1.807, 2.05) is 0 Å². The summed E-state index contributed by atoms with van der Waals surface area (Å²) in [6.45, 7) is 12.9. The van der Waals surface area contributed by atoms with E-state index >= 15 is 0 Å². The molecule has 0 radical (unpaired) electrons. The fraction of sp³-hybridized carbons (Fsp3) is 0.750. The summed E-state index contributed by atoms with van der Waals surface area (Å²) < 4.78 is 0. The predicted molar refractivity (Wildman–Crippen MR) is 55.5 cm³/mol. The Kier molecular flexibility index (Phi) is 1.99. The molecule has 0 N–H and O–H groups in total. The first-order valence-electron chi connectivity index (χ1n) is 4.85. The first-order valence-corrected chi connectivity index (χ1v) is 4.85. The van der Waals surface area contributed by atoms with Crippen LogP contribution in [-0.2, 0) is 4.79 Å². The van der Waals surface area contributed by atoms with Crippen LogP contribution in [0.25, 0.3) is 0 Å². The molecule has 0 spiro atoms. The van der Waals surface area contributed by atoms with Gasteiger partial charge >= 0.3 is 0 Å². The molecule has 0 aliphatic heterocycles. The molecule has 74 valence electrons. The smallest absolute Gasteiger partial charge is 0.134 e. The zero-order valence-electron chi connectivity index (χ0n) is 9.56. The van der Waals surface area contributed by atoms with Gasteiger partial charge in [0.05, 0.1) is 5.41 Å². The minimum absolute atomic E-state index is 0.0252. The Balaban J connectivity index is 2.92. The van der Waals surface area contributed by atoms with E-state index in [9.17, 15) is 4.79 Å². The van der Waals surface area contributed by atoms with Gasteiger partial charge in [-0.15, -0.1) is 0 Å². The SMILES string of the molecule is CC(C)(C)C1=CC1(C=O)C(C)(C)C. The molecule has 1 nitrogen and oxygen atoms in total. The molecular formula is C12H20O. The van der Waals surface area contributed by atoms with Crippen molar-refractivity contribution >= 4 is 6.29 Å². The number of carbonyl (C=O) groups is 1. The van der Waals surface area contributed by atoms with Gasteiger partial charge in [-0.05, 0) is 16.4 Å². The lowest BCUT2D eigenvalue weighted by Crippen LogP contribution is -2.29. The van der Waals surface area contributed by atoms with E-state index in [-0.39, 0.29) is 16.2 Å². The average molecular weight is 180 g/mol. The zero-order valence-corrected chi connectivity index (χ0v) is 9.56. The largest absolute Gasteiger partial charge is 0.302 e. The first kappa shape index (κ1) is 10.5. The van der Waals surface area contributed by atoms with Crippen LogP contribution in [0.2, 0.25) is 0 Å². The number of hydrogen-bond acceptors (Lipinski definition) is 1. The van der Waals surface area contributed by atoms with E-state index in [4.69, 9.17) is 0 Å². The minimum atomic E-state index is -0.259. The predicted octanol–water partition coefficient (Wildman–Crippen LogP) is 3.20. The molecule has 0 saturated carbocycles. The highest BCUT2D eigenvalue weighted by atomic mass is 16.1. The van der Waals surface area contributed by atoms with Gasteiger partial charge in [0.15, 0.2) is 0 Å². The van der Waals surface area contributed by atoms with Gasteiger partial charge in [-0.25, -0.2) is 0 Å². The summed E-state index contributed by atoms with van der Waals surface area (Å²) in [5.41, 5.74) is 1.19. The monoisotopic (exact) mass is 180 g/mol. The maximum atomic E-state index is 11.1. The van der Waals surface area contributed by atoms with Crippen molar-refractivity contribution < 1.29 is 4.79 Å². The van der Waals surface area contributed by atoms with Crippen molar-refractivity contribution in [1.82, 2.24) is 0 Å². The van der Waals surface area contributed by atoms with Gasteiger partial charge in [-0.3, -0.25) is 0 Å². The topological polar surface area (TPSA) is 17.1 Å². The van der Waals surface area contributed by atoms with E-state index in [0.717, 1.165) is 6.29 Å². The molecule has 1 aliphatic carbocycles. The van der Waals surface area contributed by atoms with E-state index in [2.05, 4.69) is 47.6 Å². The van der Waals surface area contributed by atoms with Crippen molar-refractivity contribution in [1.29, 1.82) is 0 Å². The summed E-state index contributed by atoms with van der Waals surface area (Å²) in [4.78, 5) is 11.1. The van der Waals surface area contributed by atoms with Crippen LogP contribution in [0.4, 0.5) is 0 Å². The third-order valence-electron chi connectivity index (χ3n) is 2.97. The molecule has 1 aliphatic rings. The lowest BCUT2D eigenvalue weighted by atomic mass is 9.70. The highest BCUT2D eigenvalue weighted by molar-refractivity contribution is 5.79. The van der Waals surface area contributed by atoms with Gasteiger partial charge in [-0.2, -0.15) is 0 Å². The summed E-state index contributed by atoms with van der Waals surface area (Å²) in [7, 11) is 0. The number of allylic oxidation sites excluding steroid dienone is 2. The van der Waals surface area contributed by atoms with Crippen molar-refractivity contribution in [2.45, 2.75) is 41.5 Å². The Morgan fingerprint density at radius 3 is 1.69 bits per heavy atom. The van der Waals surface area contributed by atoms with E-state index in [1.54, 1.807) is 0 Å². The number of rotatable bonds is 1. The molecule has 0 aromatic heterocycles. The van der Waals surface area contributed by atoms with Crippen LogP contribution in [0.5, 0.6) is 0 Å². The normalized spacial score (nSPS) is 28.3. The highest BCUT2D eigenvalue weighted by Gasteiger charge is 2.56. The Morgan fingerprint density at radius 2 is 1.62 bits per heavy atom. The van der Waals surface area contributed by atoms with Gasteiger partial charge in [0.25, 0.3) is 0 Å². The van der Waals surface area contributed by atoms with Crippen molar-refractivity contribution in [2.24, 2.45) is 16.2 Å². The number of carbonyl (C=O) groups excluding carboxylic acids is 1. The maximum absolute atomic E-state index is 11.1. The fourth-order valence-corrected chi connectivity index (χ4v) is 1.92. The molecular weight excluding hydrogens is 160 g/mol. The van der Waals surface area contributed by atoms with Crippen molar-refractivity contribution in [3.63, 3.8) is 0 Å². The van der Waals surface area contributed by atoms with Gasteiger partial charge < -0.3 is 4.79 Å². The third-order valence-corrected chi connectivity index (χ3v) is 2.97. The molecule has 1 heteroatoms. The van der Waals surface area contributed by atoms with Crippen molar-refractivity contribution in [2.75, 3.05) is 0 Å². The zero-order chi connectivity index (χ0) is 10.5. The van der Waals surface area contributed by atoms with Crippen molar-refractivity contribution in [3.05, 3.63) is 11.6 Å².